The summed E-state index contributed by atoms with van der Waals surface area (Å²) in [6.45, 7) is 19.5. The van der Waals surface area contributed by atoms with Crippen molar-refractivity contribution in [2.45, 2.75) is 98.8 Å². The third-order valence-electron chi connectivity index (χ3n) is 10.2. The van der Waals surface area contributed by atoms with E-state index in [2.05, 4.69) is 133 Å². The minimum atomic E-state index is -2.33. The minimum Gasteiger partial charge on any atom is -0.501 e. The first-order valence-electron chi connectivity index (χ1n) is 20.8. The van der Waals surface area contributed by atoms with Gasteiger partial charge in [-0.05, 0) is 51.8 Å². The third-order valence-corrected chi connectivity index (χ3v) is 10.2. The summed E-state index contributed by atoms with van der Waals surface area (Å²) < 4.78 is 44.7. The van der Waals surface area contributed by atoms with Crippen molar-refractivity contribution in [2.24, 2.45) is 0 Å². The number of hydrogen-bond donors (Lipinski definition) is 0. The van der Waals surface area contributed by atoms with E-state index in [0.717, 1.165) is 61.7 Å². The zero-order valence-electron chi connectivity index (χ0n) is 37.3. The van der Waals surface area contributed by atoms with Crippen LogP contribution in [-0.2, 0) is 30.9 Å². The van der Waals surface area contributed by atoms with Crippen LogP contribution in [0.15, 0.2) is 102 Å². The molecule has 0 atom stereocenters. The number of furan rings is 1. The van der Waals surface area contributed by atoms with Crippen LogP contribution in [0, 0.1) is 24.8 Å². The maximum absolute atomic E-state index is 14.1. The van der Waals surface area contributed by atoms with Gasteiger partial charge in [-0.2, -0.15) is 0 Å². The smallest absolute Gasteiger partial charge is 0.120 e. The number of aromatic nitrogens is 4. The molecule has 0 fully saturated rings. The first kappa shape index (κ1) is 37.6. The quantitative estimate of drug-likeness (QED) is 0.161. The van der Waals surface area contributed by atoms with Crippen molar-refractivity contribution in [3.05, 3.63) is 143 Å². The third kappa shape index (κ3) is 8.24. The van der Waals surface area contributed by atoms with E-state index in [9.17, 15) is 4.39 Å². The van der Waals surface area contributed by atoms with E-state index >= 15 is 0 Å². The summed E-state index contributed by atoms with van der Waals surface area (Å²) in [7, 11) is 0. The number of para-hydroxylation sites is 2. The van der Waals surface area contributed by atoms with Crippen molar-refractivity contribution >= 4 is 33.0 Å². The number of fused-ring (bicyclic) bond motifs is 4. The van der Waals surface area contributed by atoms with E-state index in [-0.39, 0.29) is 42.1 Å². The van der Waals surface area contributed by atoms with Gasteiger partial charge in [-0.3, -0.25) is 14.4 Å². The molecule has 0 saturated heterocycles. The Hall–Kier alpha value is -4.97. The maximum Gasteiger partial charge on any atom is 0.120 e. The number of halogens is 1. The molecule has 0 aliphatic carbocycles. The number of aryl methyl sites for hydroxylation is 1. The topological polar surface area (TPSA) is 56.7 Å². The Morgan fingerprint density at radius 3 is 2.11 bits per heavy atom. The molecule has 4 aromatic carbocycles. The average Bonchev–Trinajstić information content (AvgIpc) is 3.75. The fourth-order valence-electron chi connectivity index (χ4n) is 7.06. The molecule has 295 valence electrons. The molecule has 1 radical (unpaired) electrons. The van der Waals surface area contributed by atoms with Gasteiger partial charge in [0.1, 0.15) is 5.58 Å². The molecular formula is C50H51FIrN4O-2. The molecule has 4 aromatic heterocycles. The Kier molecular flexibility index (Phi) is 10.6. The molecule has 0 bridgehead atoms. The summed E-state index contributed by atoms with van der Waals surface area (Å²) in [6.07, 6.45) is 3.63. The van der Waals surface area contributed by atoms with Gasteiger partial charge in [0.25, 0.3) is 0 Å². The van der Waals surface area contributed by atoms with Crippen molar-refractivity contribution in [1.82, 2.24) is 19.5 Å². The summed E-state index contributed by atoms with van der Waals surface area (Å²) in [6, 6.07) is 33.3. The first-order valence-corrected chi connectivity index (χ1v) is 19.3. The van der Waals surface area contributed by atoms with Crippen LogP contribution >= 0.6 is 0 Å². The van der Waals surface area contributed by atoms with Crippen molar-refractivity contribution in [3.8, 4) is 28.3 Å². The Bertz CT molecular complexity index is 2780. The molecule has 8 aromatic rings. The van der Waals surface area contributed by atoms with Gasteiger partial charge in [0.05, 0.1) is 28.6 Å². The van der Waals surface area contributed by atoms with Crippen LogP contribution in [0.1, 0.15) is 113 Å². The van der Waals surface area contributed by atoms with Gasteiger partial charge >= 0.3 is 0 Å². The van der Waals surface area contributed by atoms with Gasteiger partial charge in [-0.15, -0.1) is 42.0 Å². The molecule has 0 spiro atoms. The van der Waals surface area contributed by atoms with Crippen LogP contribution in [0.4, 0.5) is 4.39 Å². The maximum atomic E-state index is 14.1. The van der Waals surface area contributed by atoms with Crippen LogP contribution in [0.3, 0.4) is 0 Å². The molecule has 8 rings (SSSR count). The molecule has 7 heteroatoms. The van der Waals surface area contributed by atoms with Gasteiger partial charge in [0.2, 0.25) is 0 Å². The number of hydrogen-bond acceptors (Lipinski definition) is 4. The molecule has 0 amide bonds. The molecule has 0 aliphatic heterocycles. The summed E-state index contributed by atoms with van der Waals surface area (Å²) >= 11 is 0. The molecule has 0 aliphatic rings. The predicted molar refractivity (Wildman–Crippen MR) is 229 cm³/mol. The molecule has 0 N–H and O–H groups in total. The Morgan fingerprint density at radius 2 is 1.49 bits per heavy atom. The molecular weight excluding hydrogens is 884 g/mol. The average molecular weight is 938 g/mol. The van der Waals surface area contributed by atoms with Crippen molar-refractivity contribution < 1.29 is 33.0 Å². The second-order valence-electron chi connectivity index (χ2n) is 17.2. The van der Waals surface area contributed by atoms with Crippen LogP contribution in [0.2, 0.25) is 0 Å². The van der Waals surface area contributed by atoms with Crippen molar-refractivity contribution in [3.63, 3.8) is 0 Å². The van der Waals surface area contributed by atoms with E-state index in [4.69, 9.17) is 18.5 Å². The van der Waals surface area contributed by atoms with E-state index in [1.54, 1.807) is 12.3 Å². The van der Waals surface area contributed by atoms with Gasteiger partial charge in [-0.1, -0.05) is 141 Å². The SMILES string of the molecule is CC(C)c1cccc(C(C)C)c1-n1c(-c2[c-]ccc3c2oc2ccccc23)nc2cnc(C(C)(C)C)cc21.[2H]C([2H])([2H])c1c[c-]c(-c2ccc(C(C)(C)C)cn2)c(F)c1.[Ir]. The Labute approximate surface area is 354 Å². The number of pyridine rings is 2. The second-order valence-corrected chi connectivity index (χ2v) is 17.2. The van der Waals surface area contributed by atoms with Crippen molar-refractivity contribution in [1.29, 1.82) is 0 Å². The zero-order valence-corrected chi connectivity index (χ0v) is 36.7. The van der Waals surface area contributed by atoms with Crippen LogP contribution in [-0.4, -0.2) is 19.5 Å². The van der Waals surface area contributed by atoms with Gasteiger partial charge in [-0.25, -0.2) is 0 Å². The van der Waals surface area contributed by atoms with E-state index in [1.165, 1.54) is 22.9 Å². The summed E-state index contributed by atoms with van der Waals surface area (Å²) in [5.41, 5.74) is 10.8. The molecule has 4 heterocycles. The predicted octanol–water partition coefficient (Wildman–Crippen LogP) is 13.6. The Morgan fingerprint density at radius 1 is 0.772 bits per heavy atom. The largest absolute Gasteiger partial charge is 0.501 e. The fraction of sp³-hybridized carbons (Fsp3) is 0.300. The van der Waals surface area contributed by atoms with Crippen LogP contribution < -0.4 is 0 Å². The molecule has 0 saturated carbocycles. The molecule has 0 unspecified atom stereocenters. The van der Waals surface area contributed by atoms with E-state index in [0.29, 0.717) is 17.5 Å². The van der Waals surface area contributed by atoms with Crippen LogP contribution in [0.5, 0.6) is 0 Å². The van der Waals surface area contributed by atoms with Gasteiger partial charge in [0, 0.05) is 58.4 Å². The van der Waals surface area contributed by atoms with Gasteiger partial charge < -0.3 is 14.0 Å². The minimum absolute atomic E-state index is 0. The second kappa shape index (κ2) is 16.1. The summed E-state index contributed by atoms with van der Waals surface area (Å²) in [5.74, 6) is 0.875. The zero-order chi connectivity index (χ0) is 42.6. The number of imidazole rings is 1. The van der Waals surface area contributed by atoms with E-state index < -0.39 is 12.7 Å². The normalized spacial score (nSPS) is 13.0. The standard InChI is InChI=1S/C34H34N3O.C16H17FN.Ir/c1-20(2)22-13-10-14-23(21(3)4)31(22)37-28-18-30(34(5,6)7)35-19-27(28)36-33(37)26-16-11-15-25-24-12-8-9-17-29(24)38-32(25)26;1-11-5-7-13(14(17)9-11)15-8-6-12(10-18-15)16(2,3)4;/h8-15,17-21H,1-7H3;5-6,8-10H,1-4H3;/q2*-1;/i;1D3;. The Balaban J connectivity index is 0.000000234. The molecule has 57 heavy (non-hydrogen) atoms. The van der Waals surface area contributed by atoms with E-state index in [1.807, 2.05) is 30.5 Å². The number of nitrogens with zero attached hydrogens (tertiary/aromatic N) is 4. The number of rotatable bonds is 5. The summed E-state index contributed by atoms with van der Waals surface area (Å²) in [5, 5.41) is 2.17. The molecule has 5 nitrogen and oxygen atoms in total. The van der Waals surface area contributed by atoms with Crippen molar-refractivity contribution in [2.75, 3.05) is 0 Å². The van der Waals surface area contributed by atoms with Gasteiger partial charge in [0.15, 0.2) is 0 Å². The van der Waals surface area contributed by atoms with Crippen LogP contribution in [0.25, 0.3) is 61.3 Å². The monoisotopic (exact) mass is 938 g/mol. The summed E-state index contributed by atoms with van der Waals surface area (Å²) in [4.78, 5) is 14.3. The first-order chi connectivity index (χ1) is 27.7. The number of benzene rings is 4. The fourth-order valence-corrected chi connectivity index (χ4v) is 7.06.